The van der Waals surface area contributed by atoms with Gasteiger partial charge in [0.25, 0.3) is 0 Å². The molecule has 3 rings (SSSR count). The number of carboxylic acid groups (broad SMARTS) is 1. The average Bonchev–Trinajstić information content (AvgIpc) is 2.93. The van der Waals surface area contributed by atoms with Crippen LogP contribution in [0.1, 0.15) is 48.2 Å². The molecule has 1 fully saturated rings. The van der Waals surface area contributed by atoms with Crippen molar-refractivity contribution < 1.29 is 14.6 Å². The molecule has 116 valence electrons. The van der Waals surface area contributed by atoms with Gasteiger partial charge in [0.1, 0.15) is 0 Å². The predicted octanol–water partition coefficient (Wildman–Crippen LogP) is 3.59. The van der Waals surface area contributed by atoms with E-state index in [1.54, 1.807) is 0 Å². The number of carboxylic acids is 1. The van der Waals surface area contributed by atoms with E-state index in [9.17, 15) is 9.90 Å². The van der Waals surface area contributed by atoms with E-state index in [0.29, 0.717) is 5.75 Å². The predicted molar refractivity (Wildman–Crippen MR) is 82.8 cm³/mol. The van der Waals surface area contributed by atoms with Crippen LogP contribution in [0.2, 0.25) is 0 Å². The molecule has 22 heavy (non-hydrogen) atoms. The van der Waals surface area contributed by atoms with Crippen LogP contribution in [0.15, 0.2) is 30.5 Å². The molecular weight excluding hydrogens is 280 g/mol. The van der Waals surface area contributed by atoms with Crippen molar-refractivity contribution in [3.05, 3.63) is 41.7 Å². The molecular formula is C17H20N2O3. The van der Waals surface area contributed by atoms with E-state index < -0.39 is 5.97 Å². The Morgan fingerprint density at radius 1 is 1.23 bits per heavy atom. The second-order valence-corrected chi connectivity index (χ2v) is 5.79. The summed E-state index contributed by atoms with van der Waals surface area (Å²) < 4.78 is 7.34. The van der Waals surface area contributed by atoms with Gasteiger partial charge in [-0.25, -0.2) is 9.48 Å². The largest absolute Gasteiger partial charge is 0.486 e. The third-order valence-electron chi connectivity index (χ3n) is 4.06. The summed E-state index contributed by atoms with van der Waals surface area (Å²) in [5.74, 6) is -0.663. The fourth-order valence-electron chi connectivity index (χ4n) is 2.86. The van der Waals surface area contributed by atoms with Crippen LogP contribution in [0.3, 0.4) is 0 Å². The minimum atomic E-state index is -1.02. The standard InChI is InChI=1S/C17H20N2O3/c1-12-7-9-13(10-8-12)19-16(17(20)21)15(11-18-19)22-14-5-3-2-4-6-14/h7-11,14H,2-6H2,1H3,(H,20,21). The van der Waals surface area contributed by atoms with Crippen molar-refractivity contribution in [1.82, 2.24) is 9.78 Å². The van der Waals surface area contributed by atoms with Gasteiger partial charge in [0.15, 0.2) is 11.4 Å². The topological polar surface area (TPSA) is 64.4 Å². The van der Waals surface area contributed by atoms with Gasteiger partial charge in [0, 0.05) is 0 Å². The maximum atomic E-state index is 11.6. The van der Waals surface area contributed by atoms with Crippen LogP contribution >= 0.6 is 0 Å². The second kappa shape index (κ2) is 6.22. The molecule has 1 saturated carbocycles. The number of rotatable bonds is 4. The zero-order valence-electron chi connectivity index (χ0n) is 12.7. The molecule has 1 aliphatic rings. The Labute approximate surface area is 129 Å². The SMILES string of the molecule is Cc1ccc(-n2ncc(OC3CCCCC3)c2C(=O)O)cc1. The van der Waals surface area contributed by atoms with Gasteiger partial charge < -0.3 is 9.84 Å². The number of ether oxygens (including phenoxy) is 1. The third-order valence-corrected chi connectivity index (χ3v) is 4.06. The smallest absolute Gasteiger partial charge is 0.358 e. The molecule has 0 spiro atoms. The fraction of sp³-hybridized carbons (Fsp3) is 0.412. The van der Waals surface area contributed by atoms with E-state index in [-0.39, 0.29) is 11.8 Å². The highest BCUT2D eigenvalue weighted by molar-refractivity contribution is 5.89. The van der Waals surface area contributed by atoms with Crippen molar-refractivity contribution in [3.8, 4) is 11.4 Å². The van der Waals surface area contributed by atoms with Crippen LogP contribution in [0.5, 0.6) is 5.75 Å². The highest BCUT2D eigenvalue weighted by atomic mass is 16.5. The molecule has 1 aromatic heterocycles. The van der Waals surface area contributed by atoms with Gasteiger partial charge >= 0.3 is 5.97 Å². The van der Waals surface area contributed by atoms with Gasteiger partial charge in [-0.2, -0.15) is 5.10 Å². The summed E-state index contributed by atoms with van der Waals surface area (Å²) in [5, 5.41) is 13.8. The number of aromatic carboxylic acids is 1. The van der Waals surface area contributed by atoms with Gasteiger partial charge in [-0.1, -0.05) is 24.1 Å². The first-order valence-electron chi connectivity index (χ1n) is 7.70. The Morgan fingerprint density at radius 2 is 1.91 bits per heavy atom. The van der Waals surface area contributed by atoms with Crippen molar-refractivity contribution in [3.63, 3.8) is 0 Å². The van der Waals surface area contributed by atoms with E-state index in [1.807, 2.05) is 31.2 Å². The lowest BCUT2D eigenvalue weighted by Gasteiger charge is -2.22. The molecule has 5 nitrogen and oxygen atoms in total. The Morgan fingerprint density at radius 3 is 2.55 bits per heavy atom. The average molecular weight is 300 g/mol. The zero-order chi connectivity index (χ0) is 15.5. The minimum absolute atomic E-state index is 0.0921. The molecule has 2 aromatic rings. The maximum absolute atomic E-state index is 11.6. The lowest BCUT2D eigenvalue weighted by molar-refractivity contribution is 0.0676. The van der Waals surface area contributed by atoms with Crippen LogP contribution in [0.25, 0.3) is 5.69 Å². The Bertz CT molecular complexity index is 655. The van der Waals surface area contributed by atoms with Gasteiger partial charge in [-0.05, 0) is 44.7 Å². The van der Waals surface area contributed by atoms with Gasteiger partial charge in [-0.3, -0.25) is 0 Å². The molecule has 1 aromatic carbocycles. The van der Waals surface area contributed by atoms with Crippen LogP contribution in [0.4, 0.5) is 0 Å². The highest BCUT2D eigenvalue weighted by Gasteiger charge is 2.24. The summed E-state index contributed by atoms with van der Waals surface area (Å²) in [5.41, 5.74) is 1.93. The van der Waals surface area contributed by atoms with Gasteiger partial charge in [0.05, 0.1) is 18.0 Å². The van der Waals surface area contributed by atoms with Crippen LogP contribution in [-0.4, -0.2) is 27.0 Å². The van der Waals surface area contributed by atoms with Gasteiger partial charge in [-0.15, -0.1) is 0 Å². The number of aryl methyl sites for hydroxylation is 1. The summed E-state index contributed by atoms with van der Waals surface area (Å²) >= 11 is 0. The number of hydrogen-bond acceptors (Lipinski definition) is 3. The summed E-state index contributed by atoms with van der Waals surface area (Å²) in [7, 11) is 0. The van der Waals surface area contributed by atoms with Crippen molar-refractivity contribution in [2.45, 2.75) is 45.1 Å². The number of hydrogen-bond donors (Lipinski definition) is 1. The first-order chi connectivity index (χ1) is 10.6. The van der Waals surface area contributed by atoms with Crippen LogP contribution in [-0.2, 0) is 0 Å². The number of benzene rings is 1. The molecule has 0 unspecified atom stereocenters. The molecule has 1 heterocycles. The monoisotopic (exact) mass is 300 g/mol. The molecule has 0 atom stereocenters. The number of aromatic nitrogens is 2. The molecule has 0 saturated heterocycles. The van der Waals surface area contributed by atoms with Crippen LogP contribution < -0.4 is 4.74 Å². The first kappa shape index (κ1) is 14.6. The van der Waals surface area contributed by atoms with E-state index in [4.69, 9.17) is 4.74 Å². The molecule has 0 aliphatic heterocycles. The van der Waals surface area contributed by atoms with E-state index in [1.165, 1.54) is 17.3 Å². The summed E-state index contributed by atoms with van der Waals surface area (Å²) in [6.07, 6.45) is 7.08. The lowest BCUT2D eigenvalue weighted by atomic mass is 9.98. The second-order valence-electron chi connectivity index (χ2n) is 5.79. The molecule has 0 radical (unpaired) electrons. The Balaban J connectivity index is 1.91. The molecule has 1 N–H and O–H groups in total. The number of nitrogens with zero attached hydrogens (tertiary/aromatic N) is 2. The quantitative estimate of drug-likeness (QED) is 0.937. The lowest BCUT2D eigenvalue weighted by Crippen LogP contribution is -2.21. The third kappa shape index (κ3) is 2.98. The minimum Gasteiger partial charge on any atom is -0.486 e. The van der Waals surface area contributed by atoms with Crippen LogP contribution in [0, 0.1) is 6.92 Å². The summed E-state index contributed by atoms with van der Waals surface area (Å²) in [6.45, 7) is 1.99. The first-order valence-corrected chi connectivity index (χ1v) is 7.70. The zero-order valence-corrected chi connectivity index (χ0v) is 12.7. The summed E-state index contributed by atoms with van der Waals surface area (Å²) in [6, 6.07) is 7.59. The van der Waals surface area contributed by atoms with E-state index >= 15 is 0 Å². The fourth-order valence-corrected chi connectivity index (χ4v) is 2.86. The Hall–Kier alpha value is -2.30. The normalized spacial score (nSPS) is 15.7. The highest BCUT2D eigenvalue weighted by Crippen LogP contribution is 2.27. The van der Waals surface area contributed by atoms with Gasteiger partial charge in [0.2, 0.25) is 0 Å². The van der Waals surface area contributed by atoms with E-state index in [0.717, 1.165) is 36.9 Å². The Kier molecular flexibility index (Phi) is 4.13. The molecule has 5 heteroatoms. The molecule has 1 aliphatic carbocycles. The van der Waals surface area contributed by atoms with Crippen molar-refractivity contribution in [2.75, 3.05) is 0 Å². The van der Waals surface area contributed by atoms with Crippen molar-refractivity contribution >= 4 is 5.97 Å². The van der Waals surface area contributed by atoms with Crippen molar-refractivity contribution in [2.24, 2.45) is 0 Å². The molecule has 0 bridgehead atoms. The maximum Gasteiger partial charge on any atom is 0.358 e. The van der Waals surface area contributed by atoms with E-state index in [2.05, 4.69) is 5.10 Å². The molecule has 0 amide bonds. The van der Waals surface area contributed by atoms with Crippen molar-refractivity contribution in [1.29, 1.82) is 0 Å². The number of carbonyl (C=O) groups is 1. The summed E-state index contributed by atoms with van der Waals surface area (Å²) in [4.78, 5) is 11.6.